The fourth-order valence-corrected chi connectivity index (χ4v) is 5.74. The summed E-state index contributed by atoms with van der Waals surface area (Å²) in [5, 5.41) is 3.96. The molecule has 0 bridgehead atoms. The lowest BCUT2D eigenvalue weighted by Crippen LogP contribution is -1.91. The van der Waals surface area contributed by atoms with Crippen LogP contribution in [0.25, 0.3) is 20.9 Å². The zero-order valence-electron chi connectivity index (χ0n) is 18.9. The van der Waals surface area contributed by atoms with Crippen molar-refractivity contribution in [2.75, 3.05) is 0 Å². The topological polar surface area (TPSA) is 0 Å². The molecule has 4 rings (SSSR count). The van der Waals surface area contributed by atoms with E-state index in [4.69, 9.17) is 0 Å². The van der Waals surface area contributed by atoms with E-state index in [1.165, 1.54) is 32.1 Å². The molecule has 4 aromatic rings. The average molecular weight is 481 g/mol. The molecule has 0 atom stereocenters. The summed E-state index contributed by atoms with van der Waals surface area (Å²) in [6.07, 6.45) is 10.1. The lowest BCUT2D eigenvalue weighted by atomic mass is 10.0. The Bertz CT molecular complexity index is 1030. The van der Waals surface area contributed by atoms with Crippen LogP contribution in [0, 0.1) is 11.6 Å². The quantitative estimate of drug-likeness (QED) is 0.177. The third kappa shape index (κ3) is 6.84. The maximum atomic E-state index is 14.4. The Kier molecular flexibility index (Phi) is 8.85. The van der Waals surface area contributed by atoms with E-state index in [0.29, 0.717) is 11.1 Å². The summed E-state index contributed by atoms with van der Waals surface area (Å²) >= 11 is 3.14. The third-order valence-corrected chi connectivity index (χ3v) is 7.88. The van der Waals surface area contributed by atoms with Gasteiger partial charge < -0.3 is 0 Å². The summed E-state index contributed by atoms with van der Waals surface area (Å²) in [5.41, 5.74) is 3.58. The number of hydrogen-bond donors (Lipinski definition) is 0. The van der Waals surface area contributed by atoms with Crippen molar-refractivity contribution in [2.45, 2.75) is 57.8 Å². The summed E-state index contributed by atoms with van der Waals surface area (Å²) < 4.78 is 28.8. The van der Waals surface area contributed by atoms with Gasteiger partial charge >= 0.3 is 0 Å². The summed E-state index contributed by atoms with van der Waals surface area (Å²) in [7, 11) is 0. The average Bonchev–Trinajstić information content (AvgIpc) is 3.53. The summed E-state index contributed by atoms with van der Waals surface area (Å²) in [6.45, 7) is 0. The monoisotopic (exact) mass is 480 g/mol. The molecule has 0 radical (unpaired) electrons. The second-order valence-corrected chi connectivity index (χ2v) is 10.5. The van der Waals surface area contributed by atoms with Crippen molar-refractivity contribution in [1.82, 2.24) is 0 Å². The van der Waals surface area contributed by atoms with Gasteiger partial charge in [0.25, 0.3) is 0 Å². The van der Waals surface area contributed by atoms with E-state index < -0.39 is 0 Å². The predicted molar refractivity (Wildman–Crippen MR) is 139 cm³/mol. The van der Waals surface area contributed by atoms with E-state index in [2.05, 4.69) is 12.1 Å². The van der Waals surface area contributed by atoms with Gasteiger partial charge in [0.2, 0.25) is 0 Å². The first-order chi connectivity index (χ1) is 16.2. The maximum absolute atomic E-state index is 14.4. The van der Waals surface area contributed by atoms with Crippen LogP contribution in [0.1, 0.15) is 56.1 Å². The summed E-state index contributed by atoms with van der Waals surface area (Å²) in [5.74, 6) is -0.230. The summed E-state index contributed by atoms with van der Waals surface area (Å²) in [4.78, 5) is 1.97. The van der Waals surface area contributed by atoms with Crippen LogP contribution in [0.3, 0.4) is 0 Å². The molecule has 0 unspecified atom stereocenters. The van der Waals surface area contributed by atoms with Gasteiger partial charge in [-0.2, -0.15) is 0 Å². The minimum atomic E-state index is -0.115. The molecule has 172 valence electrons. The van der Waals surface area contributed by atoms with Crippen LogP contribution < -0.4 is 0 Å². The van der Waals surface area contributed by atoms with Gasteiger partial charge in [0.1, 0.15) is 11.6 Å². The molecule has 2 heterocycles. The Morgan fingerprint density at radius 3 is 1.30 bits per heavy atom. The van der Waals surface area contributed by atoms with E-state index in [-0.39, 0.29) is 11.6 Å². The van der Waals surface area contributed by atoms with Gasteiger partial charge in [-0.25, -0.2) is 8.78 Å². The van der Waals surface area contributed by atoms with Crippen molar-refractivity contribution in [2.24, 2.45) is 0 Å². The lowest BCUT2D eigenvalue weighted by molar-refractivity contribution is 0.576. The SMILES string of the molecule is Fc1cc(CCCCCCCCCc2ccc(-c3cccs3)c(F)c2)ccc1-c1cccs1. The third-order valence-electron chi connectivity index (χ3n) is 6.07. The number of aryl methyl sites for hydroxylation is 2. The van der Waals surface area contributed by atoms with Gasteiger partial charge in [0.15, 0.2) is 0 Å². The molecule has 0 saturated carbocycles. The normalized spacial score (nSPS) is 11.2. The van der Waals surface area contributed by atoms with E-state index in [9.17, 15) is 8.78 Å². The number of rotatable bonds is 12. The highest BCUT2D eigenvalue weighted by atomic mass is 32.1. The van der Waals surface area contributed by atoms with E-state index in [1.807, 2.05) is 47.2 Å². The van der Waals surface area contributed by atoms with Gasteiger partial charge in [-0.15, -0.1) is 22.7 Å². The molecule has 0 spiro atoms. The first kappa shape index (κ1) is 23.8. The molecule has 0 aliphatic rings. The molecule has 0 N–H and O–H groups in total. The Morgan fingerprint density at radius 1 is 0.515 bits per heavy atom. The first-order valence-corrected chi connectivity index (χ1v) is 13.6. The lowest BCUT2D eigenvalue weighted by Gasteiger charge is -2.06. The molecule has 33 heavy (non-hydrogen) atoms. The number of thiophene rings is 2. The Morgan fingerprint density at radius 2 is 0.939 bits per heavy atom. The van der Waals surface area contributed by atoms with Gasteiger partial charge in [0, 0.05) is 20.9 Å². The number of hydrogen-bond acceptors (Lipinski definition) is 2. The highest BCUT2D eigenvalue weighted by Gasteiger charge is 2.08. The van der Waals surface area contributed by atoms with Crippen LogP contribution in [0.2, 0.25) is 0 Å². The smallest absolute Gasteiger partial charge is 0.132 e. The Labute approximate surface area is 203 Å². The number of unbranched alkanes of at least 4 members (excludes halogenated alkanes) is 6. The number of halogens is 2. The van der Waals surface area contributed by atoms with Crippen molar-refractivity contribution in [3.05, 3.63) is 94.2 Å². The molecule has 2 aromatic carbocycles. The molecule has 4 heteroatoms. The standard InChI is InChI=1S/C29H30F2S2/c30-26-20-22(14-16-24(26)28-12-8-18-32-28)10-6-4-2-1-3-5-7-11-23-15-17-25(27(31)21-23)29-13-9-19-33-29/h8-9,12-21H,1-7,10-11H2. The van der Waals surface area contributed by atoms with Gasteiger partial charge in [-0.1, -0.05) is 68.5 Å². The minimum Gasteiger partial charge on any atom is -0.206 e. The van der Waals surface area contributed by atoms with Crippen molar-refractivity contribution in [3.63, 3.8) is 0 Å². The molecule has 0 amide bonds. The molecule has 0 fully saturated rings. The van der Waals surface area contributed by atoms with Crippen LogP contribution in [-0.2, 0) is 12.8 Å². The van der Waals surface area contributed by atoms with E-state index in [0.717, 1.165) is 46.6 Å². The Balaban J connectivity index is 1.08. The van der Waals surface area contributed by atoms with Crippen LogP contribution in [0.4, 0.5) is 8.78 Å². The van der Waals surface area contributed by atoms with Crippen molar-refractivity contribution < 1.29 is 8.78 Å². The van der Waals surface area contributed by atoms with Gasteiger partial charge in [-0.05, 0) is 71.8 Å². The highest BCUT2D eigenvalue weighted by Crippen LogP contribution is 2.29. The largest absolute Gasteiger partial charge is 0.206 e. The number of benzene rings is 2. The Hall–Kier alpha value is -2.30. The predicted octanol–water partition coefficient (Wildman–Crippen LogP) is 9.94. The van der Waals surface area contributed by atoms with Gasteiger partial charge in [0.05, 0.1) is 0 Å². The molecule has 0 aliphatic heterocycles. The zero-order valence-corrected chi connectivity index (χ0v) is 20.5. The van der Waals surface area contributed by atoms with Crippen LogP contribution >= 0.6 is 22.7 Å². The van der Waals surface area contributed by atoms with Crippen molar-refractivity contribution in [3.8, 4) is 20.9 Å². The summed E-state index contributed by atoms with van der Waals surface area (Å²) in [6, 6.07) is 19.2. The van der Waals surface area contributed by atoms with Gasteiger partial charge in [-0.3, -0.25) is 0 Å². The molecule has 2 aromatic heterocycles. The fourth-order valence-electron chi connectivity index (χ4n) is 4.23. The zero-order chi connectivity index (χ0) is 22.9. The maximum Gasteiger partial charge on any atom is 0.132 e. The van der Waals surface area contributed by atoms with Crippen LogP contribution in [0.15, 0.2) is 71.4 Å². The van der Waals surface area contributed by atoms with E-state index >= 15 is 0 Å². The molecular formula is C29H30F2S2. The van der Waals surface area contributed by atoms with Crippen LogP contribution in [0.5, 0.6) is 0 Å². The van der Waals surface area contributed by atoms with Crippen molar-refractivity contribution in [1.29, 1.82) is 0 Å². The molecule has 0 nitrogen and oxygen atoms in total. The second-order valence-electron chi connectivity index (χ2n) is 8.56. The van der Waals surface area contributed by atoms with E-state index in [1.54, 1.807) is 34.8 Å². The highest BCUT2D eigenvalue weighted by molar-refractivity contribution is 7.13. The molecule has 0 aliphatic carbocycles. The molecule has 0 saturated heterocycles. The minimum absolute atomic E-state index is 0.115. The first-order valence-electron chi connectivity index (χ1n) is 11.9. The van der Waals surface area contributed by atoms with Crippen LogP contribution in [-0.4, -0.2) is 0 Å². The second kappa shape index (κ2) is 12.2. The fraction of sp³-hybridized carbons (Fsp3) is 0.310. The molecular weight excluding hydrogens is 450 g/mol. The van der Waals surface area contributed by atoms with Crippen molar-refractivity contribution >= 4 is 22.7 Å².